The molecule has 0 radical (unpaired) electrons. The zero-order valence-electron chi connectivity index (χ0n) is 11.5. The van der Waals surface area contributed by atoms with E-state index in [1.54, 1.807) is 4.68 Å². The first kappa shape index (κ1) is 13.2. The summed E-state index contributed by atoms with van der Waals surface area (Å²) in [6.07, 6.45) is 0.841. The number of hydrogen-bond acceptors (Lipinski definition) is 4. The molecule has 2 N–H and O–H groups in total. The number of nitrogens with two attached hydrogens (primary N) is 1. The van der Waals surface area contributed by atoms with Gasteiger partial charge in [0.2, 0.25) is 0 Å². The Morgan fingerprint density at radius 2 is 2.00 bits per heavy atom. The molecule has 106 valence electrons. The van der Waals surface area contributed by atoms with Crippen LogP contribution in [0.4, 0.5) is 10.1 Å². The molecule has 3 rings (SSSR count). The van der Waals surface area contributed by atoms with Crippen molar-refractivity contribution in [3.8, 4) is 17.1 Å². The molecule has 0 saturated heterocycles. The maximum Gasteiger partial charge on any atom is 0.189 e. The van der Waals surface area contributed by atoms with Gasteiger partial charge in [-0.1, -0.05) is 25.1 Å². The largest absolute Gasteiger partial charge is 0.398 e. The van der Waals surface area contributed by atoms with Crippen LogP contribution in [0.25, 0.3) is 17.1 Å². The summed E-state index contributed by atoms with van der Waals surface area (Å²) in [5.74, 6) is 0.0467. The van der Waals surface area contributed by atoms with Crippen molar-refractivity contribution in [3.63, 3.8) is 0 Å². The van der Waals surface area contributed by atoms with Crippen LogP contribution >= 0.6 is 0 Å². The number of tetrazole rings is 1. The van der Waals surface area contributed by atoms with Gasteiger partial charge in [0.05, 0.1) is 5.69 Å². The summed E-state index contributed by atoms with van der Waals surface area (Å²) in [5.41, 5.74) is 8.79. The van der Waals surface area contributed by atoms with Gasteiger partial charge in [0.1, 0.15) is 5.82 Å². The molecule has 0 amide bonds. The molecule has 21 heavy (non-hydrogen) atoms. The number of nitrogen functional groups attached to an aromatic ring is 1. The second-order valence-electron chi connectivity index (χ2n) is 4.63. The summed E-state index contributed by atoms with van der Waals surface area (Å²) >= 11 is 0. The Morgan fingerprint density at radius 3 is 2.81 bits per heavy atom. The van der Waals surface area contributed by atoms with Gasteiger partial charge in [-0.2, -0.15) is 4.68 Å². The van der Waals surface area contributed by atoms with Crippen LogP contribution < -0.4 is 5.73 Å². The second-order valence-corrected chi connectivity index (χ2v) is 4.63. The van der Waals surface area contributed by atoms with Crippen LogP contribution in [0.2, 0.25) is 0 Å². The lowest BCUT2D eigenvalue weighted by atomic mass is 10.1. The van der Waals surface area contributed by atoms with Gasteiger partial charge in [0.25, 0.3) is 0 Å². The number of hydrogen-bond donors (Lipinski definition) is 1. The summed E-state index contributed by atoms with van der Waals surface area (Å²) in [7, 11) is 0. The van der Waals surface area contributed by atoms with Crippen LogP contribution in [0.1, 0.15) is 12.5 Å². The molecule has 0 aliphatic heterocycles. The number of rotatable bonds is 3. The van der Waals surface area contributed by atoms with E-state index in [9.17, 15) is 4.39 Å². The number of aryl methyl sites for hydroxylation is 1. The molecule has 3 aromatic rings. The van der Waals surface area contributed by atoms with Crippen LogP contribution in [-0.2, 0) is 6.42 Å². The minimum atomic E-state index is -0.377. The van der Waals surface area contributed by atoms with E-state index in [-0.39, 0.29) is 5.82 Å². The first-order chi connectivity index (χ1) is 10.2. The third kappa shape index (κ3) is 2.35. The van der Waals surface area contributed by atoms with Gasteiger partial charge in [-0.25, -0.2) is 4.39 Å². The zero-order valence-corrected chi connectivity index (χ0v) is 11.5. The van der Waals surface area contributed by atoms with Gasteiger partial charge < -0.3 is 5.73 Å². The number of para-hydroxylation sites is 1. The van der Waals surface area contributed by atoms with E-state index >= 15 is 0 Å². The molecule has 0 aliphatic carbocycles. The molecule has 0 fully saturated rings. The lowest BCUT2D eigenvalue weighted by Crippen LogP contribution is -2.04. The first-order valence-electron chi connectivity index (χ1n) is 6.62. The molecule has 0 unspecified atom stereocenters. The average molecular weight is 283 g/mol. The van der Waals surface area contributed by atoms with Crippen LogP contribution in [0.15, 0.2) is 42.5 Å². The monoisotopic (exact) mass is 283 g/mol. The molecule has 6 heteroatoms. The van der Waals surface area contributed by atoms with Crippen molar-refractivity contribution >= 4 is 5.69 Å². The minimum absolute atomic E-state index is 0.377. The van der Waals surface area contributed by atoms with Crippen LogP contribution in [0.3, 0.4) is 0 Å². The van der Waals surface area contributed by atoms with Crippen molar-refractivity contribution in [1.82, 2.24) is 20.2 Å². The van der Waals surface area contributed by atoms with Gasteiger partial charge in [-0.15, -0.1) is 5.10 Å². The quantitative estimate of drug-likeness (QED) is 0.750. The Hall–Kier alpha value is -2.76. The fraction of sp³-hybridized carbons (Fsp3) is 0.133. The van der Waals surface area contributed by atoms with E-state index in [2.05, 4.69) is 22.4 Å². The highest BCUT2D eigenvalue weighted by molar-refractivity contribution is 5.72. The number of aromatic nitrogens is 4. The van der Waals surface area contributed by atoms with E-state index in [4.69, 9.17) is 5.73 Å². The maximum absolute atomic E-state index is 13.5. The number of anilines is 1. The van der Waals surface area contributed by atoms with Gasteiger partial charge in [-0.05, 0) is 46.7 Å². The highest BCUT2D eigenvalue weighted by atomic mass is 19.1. The number of benzene rings is 2. The molecule has 2 aromatic carbocycles. The zero-order chi connectivity index (χ0) is 14.8. The normalized spacial score (nSPS) is 10.8. The van der Waals surface area contributed by atoms with E-state index < -0.39 is 0 Å². The van der Waals surface area contributed by atoms with Gasteiger partial charge in [0, 0.05) is 11.3 Å². The van der Waals surface area contributed by atoms with Gasteiger partial charge in [-0.3, -0.25) is 0 Å². The fourth-order valence-electron chi connectivity index (χ4n) is 2.26. The summed E-state index contributed by atoms with van der Waals surface area (Å²) in [6.45, 7) is 2.05. The maximum atomic E-state index is 13.5. The Bertz CT molecular complexity index is 781. The minimum Gasteiger partial charge on any atom is -0.398 e. The predicted molar refractivity (Wildman–Crippen MR) is 78.3 cm³/mol. The number of halogens is 1. The predicted octanol–water partition coefficient (Wildman–Crippen LogP) is 2.61. The van der Waals surface area contributed by atoms with E-state index in [1.807, 2.05) is 24.3 Å². The third-order valence-corrected chi connectivity index (χ3v) is 3.33. The van der Waals surface area contributed by atoms with Crippen molar-refractivity contribution < 1.29 is 4.39 Å². The molecular formula is C15H14FN5. The molecule has 0 saturated carbocycles. The SMILES string of the molecule is CCc1ccccc1-n1nnnc1-c1cc(F)ccc1N. The van der Waals surface area contributed by atoms with Crippen molar-refractivity contribution in [3.05, 3.63) is 53.8 Å². The lowest BCUT2D eigenvalue weighted by Gasteiger charge is -2.10. The Balaban J connectivity index is 2.20. The lowest BCUT2D eigenvalue weighted by molar-refractivity contribution is 0.628. The first-order valence-corrected chi connectivity index (χ1v) is 6.62. The molecule has 0 aliphatic rings. The standard InChI is InChI=1S/C15H14FN5/c1-2-10-5-3-4-6-14(10)21-15(18-19-20-21)12-9-11(16)7-8-13(12)17/h3-9H,2,17H2,1H3. The molecular weight excluding hydrogens is 269 g/mol. The Morgan fingerprint density at radius 1 is 1.19 bits per heavy atom. The summed E-state index contributed by atoms with van der Waals surface area (Å²) in [5, 5.41) is 11.7. The molecule has 1 aromatic heterocycles. The van der Waals surface area contributed by atoms with Crippen molar-refractivity contribution in [2.75, 3.05) is 5.73 Å². The molecule has 0 atom stereocenters. The average Bonchev–Trinajstić information content (AvgIpc) is 2.98. The van der Waals surface area contributed by atoms with Crippen molar-refractivity contribution in [1.29, 1.82) is 0 Å². The van der Waals surface area contributed by atoms with Gasteiger partial charge in [0.15, 0.2) is 5.82 Å². The topological polar surface area (TPSA) is 69.6 Å². The molecule has 1 heterocycles. The van der Waals surface area contributed by atoms with Gasteiger partial charge >= 0.3 is 0 Å². The van der Waals surface area contributed by atoms with Crippen LogP contribution in [0.5, 0.6) is 0 Å². The summed E-state index contributed by atoms with van der Waals surface area (Å²) < 4.78 is 15.1. The highest BCUT2D eigenvalue weighted by Gasteiger charge is 2.15. The van der Waals surface area contributed by atoms with E-state index in [0.717, 1.165) is 17.7 Å². The van der Waals surface area contributed by atoms with Crippen molar-refractivity contribution in [2.45, 2.75) is 13.3 Å². The van der Waals surface area contributed by atoms with E-state index in [1.165, 1.54) is 18.2 Å². The smallest absolute Gasteiger partial charge is 0.189 e. The molecule has 0 bridgehead atoms. The van der Waals surface area contributed by atoms with Crippen LogP contribution in [0, 0.1) is 5.82 Å². The van der Waals surface area contributed by atoms with E-state index in [0.29, 0.717) is 17.1 Å². The van der Waals surface area contributed by atoms with Crippen LogP contribution in [-0.4, -0.2) is 20.2 Å². The molecule has 5 nitrogen and oxygen atoms in total. The molecule has 0 spiro atoms. The second kappa shape index (κ2) is 5.32. The summed E-state index contributed by atoms with van der Waals surface area (Å²) in [6, 6.07) is 12.0. The summed E-state index contributed by atoms with van der Waals surface area (Å²) in [4.78, 5) is 0. The Labute approximate surface area is 121 Å². The fourth-order valence-corrected chi connectivity index (χ4v) is 2.26. The highest BCUT2D eigenvalue weighted by Crippen LogP contribution is 2.27. The number of nitrogens with zero attached hydrogens (tertiary/aromatic N) is 4. The third-order valence-electron chi connectivity index (χ3n) is 3.33. The Kier molecular flexibility index (Phi) is 3.35. The van der Waals surface area contributed by atoms with Crippen molar-refractivity contribution in [2.24, 2.45) is 0 Å².